The Morgan fingerprint density at radius 2 is 2.00 bits per heavy atom. The number of nitrogens with one attached hydrogen (secondary N) is 2. The molecule has 5 nitrogen and oxygen atoms in total. The molecule has 1 fully saturated rings. The molecule has 3 unspecified atom stereocenters. The van der Waals surface area contributed by atoms with Crippen LogP contribution in [-0.4, -0.2) is 31.4 Å². The Labute approximate surface area is 115 Å². The van der Waals surface area contributed by atoms with E-state index in [9.17, 15) is 9.59 Å². The highest BCUT2D eigenvalue weighted by Gasteiger charge is 2.33. The van der Waals surface area contributed by atoms with Crippen LogP contribution in [0.15, 0.2) is 0 Å². The maximum Gasteiger partial charge on any atom is 0.242 e. The Kier molecular flexibility index (Phi) is 6.28. The lowest BCUT2D eigenvalue weighted by Crippen LogP contribution is -2.49. The number of hydrogen-bond acceptors (Lipinski definition) is 3. The van der Waals surface area contributed by atoms with Crippen molar-refractivity contribution in [3.63, 3.8) is 0 Å². The summed E-state index contributed by atoms with van der Waals surface area (Å²) in [5, 5.41) is 5.51. The summed E-state index contributed by atoms with van der Waals surface area (Å²) >= 11 is 0. The van der Waals surface area contributed by atoms with Crippen LogP contribution < -0.4 is 16.4 Å². The van der Waals surface area contributed by atoms with Gasteiger partial charge in [0.2, 0.25) is 11.8 Å². The van der Waals surface area contributed by atoms with Crippen LogP contribution in [0, 0.1) is 17.8 Å². The third-order valence-corrected chi connectivity index (χ3v) is 3.89. The van der Waals surface area contributed by atoms with Crippen molar-refractivity contribution >= 4 is 11.8 Å². The van der Waals surface area contributed by atoms with Gasteiger partial charge in [-0.3, -0.25) is 9.59 Å². The number of rotatable bonds is 6. The zero-order valence-electron chi connectivity index (χ0n) is 12.2. The van der Waals surface area contributed by atoms with Crippen LogP contribution in [0.3, 0.4) is 0 Å². The van der Waals surface area contributed by atoms with E-state index < -0.39 is 6.04 Å². The Bertz CT molecular complexity index is 318. The third-order valence-electron chi connectivity index (χ3n) is 3.89. The Balaban J connectivity index is 2.62. The molecule has 4 N–H and O–H groups in total. The highest BCUT2D eigenvalue weighted by atomic mass is 16.2. The van der Waals surface area contributed by atoms with Crippen LogP contribution in [-0.2, 0) is 9.59 Å². The van der Waals surface area contributed by atoms with Crippen LogP contribution in [0.1, 0.15) is 39.5 Å². The molecule has 2 amide bonds. The lowest BCUT2D eigenvalue weighted by atomic mass is 9.94. The van der Waals surface area contributed by atoms with Gasteiger partial charge in [0.15, 0.2) is 0 Å². The second-order valence-corrected chi connectivity index (χ2v) is 5.84. The van der Waals surface area contributed by atoms with Gasteiger partial charge in [-0.25, -0.2) is 0 Å². The van der Waals surface area contributed by atoms with Gasteiger partial charge in [0.1, 0.15) is 6.04 Å². The molecule has 0 saturated heterocycles. The molecule has 1 aliphatic rings. The SMILES string of the molecule is CNC(=O)C(CC(C)C)NC(=O)C1CCCC1CN. The van der Waals surface area contributed by atoms with E-state index in [4.69, 9.17) is 5.73 Å². The molecule has 0 bridgehead atoms. The highest BCUT2D eigenvalue weighted by molar-refractivity contribution is 5.88. The Morgan fingerprint density at radius 3 is 2.53 bits per heavy atom. The summed E-state index contributed by atoms with van der Waals surface area (Å²) in [6, 6.07) is -0.434. The van der Waals surface area contributed by atoms with Crippen LogP contribution >= 0.6 is 0 Å². The fourth-order valence-corrected chi connectivity index (χ4v) is 2.82. The first-order chi connectivity index (χ1) is 8.99. The Hall–Kier alpha value is -1.10. The summed E-state index contributed by atoms with van der Waals surface area (Å²) in [5.41, 5.74) is 5.70. The van der Waals surface area contributed by atoms with Crippen molar-refractivity contribution in [2.45, 2.75) is 45.6 Å². The van der Waals surface area contributed by atoms with Gasteiger partial charge in [0.25, 0.3) is 0 Å². The highest BCUT2D eigenvalue weighted by Crippen LogP contribution is 2.31. The number of nitrogens with two attached hydrogens (primary N) is 1. The van der Waals surface area contributed by atoms with E-state index in [-0.39, 0.29) is 23.7 Å². The lowest BCUT2D eigenvalue weighted by molar-refractivity contribution is -0.131. The van der Waals surface area contributed by atoms with E-state index in [2.05, 4.69) is 10.6 Å². The molecule has 110 valence electrons. The molecule has 1 aliphatic carbocycles. The Morgan fingerprint density at radius 1 is 1.32 bits per heavy atom. The minimum atomic E-state index is -0.434. The fraction of sp³-hybridized carbons (Fsp3) is 0.857. The average Bonchev–Trinajstić information content (AvgIpc) is 2.84. The first-order valence-corrected chi connectivity index (χ1v) is 7.21. The van der Waals surface area contributed by atoms with Gasteiger partial charge >= 0.3 is 0 Å². The van der Waals surface area contributed by atoms with Gasteiger partial charge in [-0.1, -0.05) is 20.3 Å². The molecule has 0 heterocycles. The molecule has 0 aromatic heterocycles. The van der Waals surface area contributed by atoms with E-state index in [1.165, 1.54) is 0 Å². The molecular weight excluding hydrogens is 242 g/mol. The van der Waals surface area contributed by atoms with E-state index in [0.717, 1.165) is 19.3 Å². The van der Waals surface area contributed by atoms with Gasteiger partial charge in [0.05, 0.1) is 0 Å². The molecular formula is C14H27N3O2. The first kappa shape index (κ1) is 16.0. The molecule has 0 spiro atoms. The quantitative estimate of drug-likeness (QED) is 0.661. The topological polar surface area (TPSA) is 84.2 Å². The van der Waals surface area contributed by atoms with Crippen LogP contribution in [0.5, 0.6) is 0 Å². The molecule has 0 aromatic rings. The summed E-state index contributed by atoms with van der Waals surface area (Å²) in [7, 11) is 1.60. The second kappa shape index (κ2) is 7.48. The number of carbonyl (C=O) groups is 2. The predicted molar refractivity (Wildman–Crippen MR) is 75.3 cm³/mol. The largest absolute Gasteiger partial charge is 0.357 e. The number of carbonyl (C=O) groups excluding carboxylic acids is 2. The van der Waals surface area contributed by atoms with Crippen molar-refractivity contribution < 1.29 is 9.59 Å². The van der Waals surface area contributed by atoms with Crippen molar-refractivity contribution in [1.29, 1.82) is 0 Å². The second-order valence-electron chi connectivity index (χ2n) is 5.84. The standard InChI is InChI=1S/C14H27N3O2/c1-9(2)7-12(14(19)16-3)17-13(18)11-6-4-5-10(11)8-15/h9-12H,4-8,15H2,1-3H3,(H,16,19)(H,17,18). The minimum absolute atomic E-state index is 0.0119. The van der Waals surface area contributed by atoms with E-state index in [1.807, 2.05) is 13.8 Å². The van der Waals surface area contributed by atoms with Crippen molar-refractivity contribution in [2.75, 3.05) is 13.6 Å². The smallest absolute Gasteiger partial charge is 0.242 e. The predicted octanol–water partition coefficient (Wildman–Crippen LogP) is 0.638. The molecule has 19 heavy (non-hydrogen) atoms. The zero-order valence-corrected chi connectivity index (χ0v) is 12.2. The van der Waals surface area contributed by atoms with E-state index in [0.29, 0.717) is 18.9 Å². The van der Waals surface area contributed by atoms with Crippen molar-refractivity contribution in [1.82, 2.24) is 10.6 Å². The minimum Gasteiger partial charge on any atom is -0.357 e. The van der Waals surface area contributed by atoms with Gasteiger partial charge in [-0.05, 0) is 37.6 Å². The normalized spacial score (nSPS) is 24.3. The summed E-state index contributed by atoms with van der Waals surface area (Å²) in [6.07, 6.45) is 3.61. The summed E-state index contributed by atoms with van der Waals surface area (Å²) in [4.78, 5) is 24.1. The summed E-state index contributed by atoms with van der Waals surface area (Å²) < 4.78 is 0. The van der Waals surface area contributed by atoms with Gasteiger partial charge in [0, 0.05) is 13.0 Å². The summed E-state index contributed by atoms with van der Waals surface area (Å²) in [5.74, 6) is 0.469. The molecule has 5 heteroatoms. The monoisotopic (exact) mass is 269 g/mol. The fourth-order valence-electron chi connectivity index (χ4n) is 2.82. The van der Waals surface area contributed by atoms with E-state index >= 15 is 0 Å². The molecule has 3 atom stereocenters. The average molecular weight is 269 g/mol. The van der Waals surface area contributed by atoms with Gasteiger partial charge in [-0.2, -0.15) is 0 Å². The van der Waals surface area contributed by atoms with E-state index in [1.54, 1.807) is 7.05 Å². The number of hydrogen-bond donors (Lipinski definition) is 3. The maximum absolute atomic E-state index is 12.3. The first-order valence-electron chi connectivity index (χ1n) is 7.21. The molecule has 0 radical (unpaired) electrons. The van der Waals surface area contributed by atoms with Gasteiger partial charge < -0.3 is 16.4 Å². The molecule has 0 aromatic carbocycles. The lowest BCUT2D eigenvalue weighted by Gasteiger charge is -2.23. The van der Waals surface area contributed by atoms with Crippen LogP contribution in [0.4, 0.5) is 0 Å². The zero-order chi connectivity index (χ0) is 14.4. The van der Waals surface area contributed by atoms with Crippen molar-refractivity contribution in [3.8, 4) is 0 Å². The van der Waals surface area contributed by atoms with Crippen molar-refractivity contribution in [2.24, 2.45) is 23.5 Å². The van der Waals surface area contributed by atoms with Crippen molar-refractivity contribution in [3.05, 3.63) is 0 Å². The van der Waals surface area contributed by atoms with Gasteiger partial charge in [-0.15, -0.1) is 0 Å². The summed E-state index contributed by atoms with van der Waals surface area (Å²) in [6.45, 7) is 4.63. The maximum atomic E-state index is 12.3. The number of likely N-dealkylation sites (N-methyl/N-ethyl adjacent to an activating group) is 1. The third kappa shape index (κ3) is 4.49. The molecule has 0 aliphatic heterocycles. The molecule has 1 saturated carbocycles. The van der Waals surface area contributed by atoms with Crippen LogP contribution in [0.25, 0.3) is 0 Å². The van der Waals surface area contributed by atoms with Crippen LogP contribution in [0.2, 0.25) is 0 Å². The number of amides is 2. The molecule has 1 rings (SSSR count).